The van der Waals surface area contributed by atoms with Gasteiger partial charge in [0.25, 0.3) is 0 Å². The molecule has 1 aliphatic rings. The third-order valence-corrected chi connectivity index (χ3v) is 6.81. The lowest BCUT2D eigenvalue weighted by Gasteiger charge is -2.23. The first-order chi connectivity index (χ1) is 7.66. The summed E-state index contributed by atoms with van der Waals surface area (Å²) in [5.41, 5.74) is 0. The predicted octanol–water partition coefficient (Wildman–Crippen LogP) is 1.49. The Balaban J connectivity index is 2.56. The van der Waals surface area contributed by atoms with Gasteiger partial charge in [0.1, 0.15) is 4.75 Å². The first-order valence-electron chi connectivity index (χ1n) is 5.78. The highest BCUT2D eigenvalue weighted by molar-refractivity contribution is 9.09. The average molecular weight is 326 g/mol. The van der Waals surface area contributed by atoms with Crippen LogP contribution >= 0.6 is 15.9 Å². The van der Waals surface area contributed by atoms with Crippen molar-refractivity contribution in [2.75, 3.05) is 12.8 Å². The lowest BCUT2D eigenvalue weighted by molar-refractivity contribution is -0.123. The van der Waals surface area contributed by atoms with Crippen LogP contribution in [0.3, 0.4) is 0 Å². The Labute approximate surface area is 112 Å². The summed E-state index contributed by atoms with van der Waals surface area (Å²) in [5.74, 6) is 0.000843. The van der Waals surface area contributed by atoms with E-state index in [2.05, 4.69) is 21.2 Å². The van der Waals surface area contributed by atoms with Gasteiger partial charge in [-0.3, -0.25) is 4.79 Å². The Morgan fingerprint density at radius 2 is 2.00 bits per heavy atom. The van der Waals surface area contributed by atoms with E-state index in [1.54, 1.807) is 0 Å². The molecule has 6 heteroatoms. The molecule has 1 fully saturated rings. The molecule has 1 saturated carbocycles. The molecule has 100 valence electrons. The number of carbonyl (C=O) groups excluding carboxylic acids is 1. The molecule has 0 aromatic heterocycles. The second kappa shape index (κ2) is 5.26. The first-order valence-corrected chi connectivity index (χ1v) is 8.59. The van der Waals surface area contributed by atoms with Gasteiger partial charge in [-0.05, 0) is 32.6 Å². The molecule has 2 atom stereocenters. The highest BCUT2D eigenvalue weighted by Crippen LogP contribution is 2.31. The summed E-state index contributed by atoms with van der Waals surface area (Å²) in [6.45, 7) is 3.43. The van der Waals surface area contributed by atoms with Crippen molar-refractivity contribution >= 4 is 31.7 Å². The number of rotatable bonds is 4. The molecule has 1 amide bonds. The monoisotopic (exact) mass is 325 g/mol. The molecular formula is C11H20BrNO3S. The highest BCUT2D eigenvalue weighted by atomic mass is 79.9. The second-order valence-corrected chi connectivity index (χ2v) is 8.94. The van der Waals surface area contributed by atoms with Crippen LogP contribution in [0.15, 0.2) is 0 Å². The van der Waals surface area contributed by atoms with Crippen LogP contribution in [0.4, 0.5) is 0 Å². The summed E-state index contributed by atoms with van der Waals surface area (Å²) in [5, 5.41) is 2.75. The standard InChI is InChI=1S/C11H20BrNO3S/c1-11(2,17(3,15)16)10(14)13-7-8-5-4-6-9(8)12/h8-9H,4-7H2,1-3H3,(H,13,14). The molecule has 0 aliphatic heterocycles. The average Bonchev–Trinajstić information content (AvgIpc) is 2.58. The van der Waals surface area contributed by atoms with E-state index in [1.165, 1.54) is 13.8 Å². The van der Waals surface area contributed by atoms with Crippen molar-refractivity contribution in [3.05, 3.63) is 0 Å². The van der Waals surface area contributed by atoms with E-state index >= 15 is 0 Å². The maximum absolute atomic E-state index is 11.9. The van der Waals surface area contributed by atoms with Crippen LogP contribution < -0.4 is 5.32 Å². The number of sulfone groups is 1. The van der Waals surface area contributed by atoms with Crippen molar-refractivity contribution in [1.82, 2.24) is 5.32 Å². The number of carbonyl (C=O) groups is 1. The zero-order chi connectivity index (χ0) is 13.3. The summed E-state index contributed by atoms with van der Waals surface area (Å²) in [4.78, 5) is 12.3. The van der Waals surface area contributed by atoms with Crippen LogP contribution in [0.5, 0.6) is 0 Å². The van der Waals surface area contributed by atoms with Crippen LogP contribution in [0.25, 0.3) is 0 Å². The lowest BCUT2D eigenvalue weighted by atomic mass is 10.1. The molecule has 0 aromatic carbocycles. The molecule has 0 spiro atoms. The molecule has 0 bridgehead atoms. The van der Waals surface area contributed by atoms with Gasteiger partial charge in [0.2, 0.25) is 5.91 Å². The molecule has 17 heavy (non-hydrogen) atoms. The fourth-order valence-electron chi connectivity index (χ4n) is 1.83. The minimum atomic E-state index is -3.38. The van der Waals surface area contributed by atoms with E-state index < -0.39 is 20.5 Å². The van der Waals surface area contributed by atoms with Crippen molar-refractivity contribution in [3.8, 4) is 0 Å². The molecule has 0 aromatic rings. The number of halogens is 1. The van der Waals surface area contributed by atoms with Crippen LogP contribution in [-0.2, 0) is 14.6 Å². The zero-order valence-electron chi connectivity index (χ0n) is 10.5. The second-order valence-electron chi connectivity index (χ2n) is 5.20. The molecule has 0 radical (unpaired) electrons. The molecule has 1 rings (SSSR count). The largest absolute Gasteiger partial charge is 0.354 e. The van der Waals surface area contributed by atoms with Crippen LogP contribution in [0.2, 0.25) is 0 Å². The number of alkyl halides is 1. The summed E-state index contributed by atoms with van der Waals surface area (Å²) in [6.07, 6.45) is 4.45. The zero-order valence-corrected chi connectivity index (χ0v) is 12.9. The fraction of sp³-hybridized carbons (Fsp3) is 0.909. The minimum absolute atomic E-state index is 0.411. The molecular weight excluding hydrogens is 306 g/mol. The number of amides is 1. The maximum Gasteiger partial charge on any atom is 0.240 e. The van der Waals surface area contributed by atoms with Gasteiger partial charge in [-0.15, -0.1) is 0 Å². The molecule has 0 heterocycles. The molecule has 4 nitrogen and oxygen atoms in total. The summed E-state index contributed by atoms with van der Waals surface area (Å²) in [6, 6.07) is 0. The topological polar surface area (TPSA) is 63.2 Å². The van der Waals surface area contributed by atoms with Gasteiger partial charge in [-0.1, -0.05) is 22.4 Å². The van der Waals surface area contributed by atoms with Crippen LogP contribution in [0.1, 0.15) is 33.1 Å². The number of nitrogens with one attached hydrogen (secondary N) is 1. The minimum Gasteiger partial charge on any atom is -0.354 e. The molecule has 1 aliphatic carbocycles. The Bertz CT molecular complexity index is 392. The van der Waals surface area contributed by atoms with E-state index in [9.17, 15) is 13.2 Å². The van der Waals surface area contributed by atoms with Crippen LogP contribution in [-0.4, -0.2) is 36.7 Å². The van der Waals surface area contributed by atoms with Crippen molar-refractivity contribution in [3.63, 3.8) is 0 Å². The van der Waals surface area contributed by atoms with Crippen molar-refractivity contribution in [2.45, 2.75) is 42.7 Å². The molecule has 1 N–H and O–H groups in total. The van der Waals surface area contributed by atoms with E-state index in [4.69, 9.17) is 0 Å². The highest BCUT2D eigenvalue weighted by Gasteiger charge is 2.38. The van der Waals surface area contributed by atoms with Gasteiger partial charge in [0.15, 0.2) is 9.84 Å². The third kappa shape index (κ3) is 3.44. The van der Waals surface area contributed by atoms with Crippen LogP contribution in [0, 0.1) is 5.92 Å². The predicted molar refractivity (Wildman–Crippen MR) is 72.0 cm³/mol. The van der Waals surface area contributed by atoms with E-state index in [0.717, 1.165) is 25.5 Å². The van der Waals surface area contributed by atoms with Gasteiger partial charge < -0.3 is 5.32 Å². The maximum atomic E-state index is 11.9. The Morgan fingerprint density at radius 1 is 1.41 bits per heavy atom. The smallest absolute Gasteiger partial charge is 0.240 e. The number of hydrogen-bond acceptors (Lipinski definition) is 3. The van der Waals surface area contributed by atoms with E-state index in [-0.39, 0.29) is 0 Å². The van der Waals surface area contributed by atoms with Gasteiger partial charge in [-0.2, -0.15) is 0 Å². The number of hydrogen-bond donors (Lipinski definition) is 1. The Morgan fingerprint density at radius 3 is 2.41 bits per heavy atom. The van der Waals surface area contributed by atoms with E-state index in [0.29, 0.717) is 17.3 Å². The van der Waals surface area contributed by atoms with Crippen molar-refractivity contribution < 1.29 is 13.2 Å². The van der Waals surface area contributed by atoms with Gasteiger partial charge in [0.05, 0.1) is 0 Å². The Hall–Kier alpha value is -0.100. The van der Waals surface area contributed by atoms with Gasteiger partial charge in [-0.25, -0.2) is 8.42 Å². The first kappa shape index (κ1) is 15.0. The van der Waals surface area contributed by atoms with Gasteiger partial charge in [0, 0.05) is 17.6 Å². The SMILES string of the molecule is CC(C)(C(=O)NCC1CCCC1Br)S(C)(=O)=O. The van der Waals surface area contributed by atoms with Crippen molar-refractivity contribution in [1.29, 1.82) is 0 Å². The van der Waals surface area contributed by atoms with Gasteiger partial charge >= 0.3 is 0 Å². The van der Waals surface area contributed by atoms with Crippen molar-refractivity contribution in [2.24, 2.45) is 5.92 Å². The third-order valence-electron chi connectivity index (χ3n) is 3.56. The summed E-state index contributed by atoms with van der Waals surface area (Å²) in [7, 11) is -3.38. The normalized spacial score (nSPS) is 25.9. The molecule has 0 saturated heterocycles. The summed E-state index contributed by atoms with van der Waals surface area (Å²) < 4.78 is 21.6. The lowest BCUT2D eigenvalue weighted by Crippen LogP contribution is -2.48. The summed E-state index contributed by atoms with van der Waals surface area (Å²) >= 11 is 3.58. The molecule has 2 unspecified atom stereocenters. The fourth-order valence-corrected chi connectivity index (χ4v) is 3.01. The van der Waals surface area contributed by atoms with E-state index in [1.807, 2.05) is 0 Å². The quantitative estimate of drug-likeness (QED) is 0.796. The Kier molecular flexibility index (Phi) is 4.63.